The summed E-state index contributed by atoms with van der Waals surface area (Å²) in [6, 6.07) is 13.9. The van der Waals surface area contributed by atoms with Gasteiger partial charge in [0.2, 0.25) is 5.91 Å². The first-order chi connectivity index (χ1) is 16.8. The van der Waals surface area contributed by atoms with Crippen LogP contribution in [0.1, 0.15) is 24.0 Å². The molecule has 0 spiro atoms. The van der Waals surface area contributed by atoms with Crippen LogP contribution in [0.5, 0.6) is 0 Å². The molecule has 1 N–H and O–H groups in total. The molecular formula is C27H35N5O3. The number of carbonyl (C=O) groups excluding carboxylic acids is 1. The molecule has 1 saturated heterocycles. The molecule has 1 amide bonds. The summed E-state index contributed by atoms with van der Waals surface area (Å²) in [5, 5.41) is 2.96. The minimum atomic E-state index is -0.598. The van der Waals surface area contributed by atoms with Gasteiger partial charge in [0, 0.05) is 58.4 Å². The van der Waals surface area contributed by atoms with Crippen molar-refractivity contribution in [3.05, 3.63) is 74.3 Å². The lowest BCUT2D eigenvalue weighted by Gasteiger charge is -2.37. The quantitative estimate of drug-likeness (QED) is 0.397. The van der Waals surface area contributed by atoms with E-state index in [9.17, 15) is 14.4 Å². The summed E-state index contributed by atoms with van der Waals surface area (Å²) in [6.07, 6.45) is 1.04. The Kier molecular flexibility index (Phi) is 7.70. The molecule has 2 heterocycles. The van der Waals surface area contributed by atoms with Crippen LogP contribution in [-0.2, 0) is 18.4 Å². The Morgan fingerprint density at radius 2 is 1.63 bits per heavy atom. The summed E-state index contributed by atoms with van der Waals surface area (Å²) in [7, 11) is 1.59. The highest BCUT2D eigenvalue weighted by molar-refractivity contribution is 5.77. The van der Waals surface area contributed by atoms with Gasteiger partial charge in [-0.1, -0.05) is 24.3 Å². The van der Waals surface area contributed by atoms with Gasteiger partial charge < -0.3 is 19.4 Å². The molecule has 0 saturated carbocycles. The highest BCUT2D eigenvalue weighted by atomic mass is 16.2. The maximum absolute atomic E-state index is 12.5. The first-order valence-corrected chi connectivity index (χ1v) is 12.3. The number of amides is 1. The lowest BCUT2D eigenvalue weighted by Crippen LogP contribution is -2.47. The lowest BCUT2D eigenvalue weighted by molar-refractivity contribution is -0.121. The summed E-state index contributed by atoms with van der Waals surface area (Å²) < 4.78 is 2.77. The summed E-state index contributed by atoms with van der Waals surface area (Å²) in [6.45, 7) is 10.1. The molecule has 3 aromatic rings. The van der Waals surface area contributed by atoms with E-state index in [1.807, 2.05) is 12.1 Å². The molecule has 0 radical (unpaired) electrons. The van der Waals surface area contributed by atoms with Crippen molar-refractivity contribution in [2.75, 3.05) is 44.2 Å². The van der Waals surface area contributed by atoms with Gasteiger partial charge >= 0.3 is 11.1 Å². The number of benzene rings is 2. The van der Waals surface area contributed by atoms with E-state index in [1.165, 1.54) is 25.9 Å². The fraction of sp³-hybridized carbons (Fsp3) is 0.444. The number of piperazine rings is 1. The van der Waals surface area contributed by atoms with Gasteiger partial charge in [-0.2, -0.15) is 0 Å². The molecule has 4 rings (SSSR count). The van der Waals surface area contributed by atoms with E-state index in [1.54, 1.807) is 19.2 Å². The average molecular weight is 478 g/mol. The summed E-state index contributed by atoms with van der Waals surface area (Å²) in [5.41, 5.74) is 4.10. The number of para-hydroxylation sites is 2. The molecule has 8 nitrogen and oxygen atoms in total. The molecule has 1 fully saturated rings. The van der Waals surface area contributed by atoms with Crippen molar-refractivity contribution in [2.24, 2.45) is 7.05 Å². The molecule has 2 aromatic carbocycles. The van der Waals surface area contributed by atoms with Crippen molar-refractivity contribution in [3.63, 3.8) is 0 Å². The number of carbonyl (C=O) groups is 1. The number of hydrogen-bond donors (Lipinski definition) is 1. The number of anilines is 1. The normalized spacial score (nSPS) is 14.4. The molecule has 0 atom stereocenters. The minimum absolute atomic E-state index is 0.110. The zero-order valence-corrected chi connectivity index (χ0v) is 20.9. The van der Waals surface area contributed by atoms with Crippen molar-refractivity contribution in [1.29, 1.82) is 0 Å². The number of nitrogens with zero attached hydrogens (tertiary/aromatic N) is 4. The largest absolute Gasteiger partial charge is 0.369 e. The number of aromatic nitrogens is 2. The molecule has 8 heteroatoms. The summed E-state index contributed by atoms with van der Waals surface area (Å²) in [5.74, 6) is -0.110. The SMILES string of the molecule is Cc1ccc(C)c(N2CCN(CCCNC(=O)CCn3c(=O)c(=O)n(C)c4ccccc43)CC2)c1. The highest BCUT2D eigenvalue weighted by Crippen LogP contribution is 2.22. The van der Waals surface area contributed by atoms with Gasteiger partial charge in [-0.25, -0.2) is 0 Å². The van der Waals surface area contributed by atoms with Crippen LogP contribution in [-0.4, -0.2) is 59.2 Å². The van der Waals surface area contributed by atoms with Crippen molar-refractivity contribution in [1.82, 2.24) is 19.4 Å². The molecule has 35 heavy (non-hydrogen) atoms. The average Bonchev–Trinajstić information content (AvgIpc) is 2.87. The smallest absolute Gasteiger partial charge is 0.316 e. The van der Waals surface area contributed by atoms with E-state index in [-0.39, 0.29) is 18.9 Å². The topological polar surface area (TPSA) is 79.6 Å². The molecule has 186 valence electrons. The van der Waals surface area contributed by atoms with E-state index in [2.05, 4.69) is 47.2 Å². The van der Waals surface area contributed by atoms with Gasteiger partial charge in [0.05, 0.1) is 11.0 Å². The molecule has 0 unspecified atom stereocenters. The Labute approximate surface area is 205 Å². The maximum atomic E-state index is 12.5. The first kappa shape index (κ1) is 24.7. The van der Waals surface area contributed by atoms with Gasteiger partial charge in [0.25, 0.3) is 0 Å². The molecule has 1 aliphatic rings. The van der Waals surface area contributed by atoms with Crippen LogP contribution in [0.15, 0.2) is 52.1 Å². The van der Waals surface area contributed by atoms with Crippen LogP contribution in [0.25, 0.3) is 11.0 Å². The number of hydrogen-bond acceptors (Lipinski definition) is 5. The Hall–Kier alpha value is -3.39. The fourth-order valence-electron chi connectivity index (χ4n) is 4.78. The Bertz CT molecular complexity index is 1320. The van der Waals surface area contributed by atoms with E-state index in [0.717, 1.165) is 39.1 Å². The minimum Gasteiger partial charge on any atom is -0.369 e. The second kappa shape index (κ2) is 10.9. The van der Waals surface area contributed by atoms with Crippen LogP contribution in [0.3, 0.4) is 0 Å². The van der Waals surface area contributed by atoms with Crippen LogP contribution < -0.4 is 21.3 Å². The van der Waals surface area contributed by atoms with Gasteiger partial charge in [-0.15, -0.1) is 0 Å². The van der Waals surface area contributed by atoms with Gasteiger partial charge in [-0.05, 0) is 56.1 Å². The van der Waals surface area contributed by atoms with Gasteiger partial charge in [0.1, 0.15) is 0 Å². The predicted molar refractivity (Wildman–Crippen MR) is 140 cm³/mol. The highest BCUT2D eigenvalue weighted by Gasteiger charge is 2.18. The number of rotatable bonds is 8. The summed E-state index contributed by atoms with van der Waals surface area (Å²) >= 11 is 0. The standard InChI is InChI=1S/C27H35N5O3/c1-20-9-10-21(2)24(19-20)31-17-15-30(16-18-31)13-6-12-28-25(33)11-14-32-23-8-5-4-7-22(23)29(3)26(34)27(32)35/h4-5,7-10,19H,6,11-18H2,1-3H3,(H,28,33). The molecular weight excluding hydrogens is 442 g/mol. The van der Waals surface area contributed by atoms with Crippen molar-refractivity contribution in [3.8, 4) is 0 Å². The van der Waals surface area contributed by atoms with Gasteiger partial charge in [0.15, 0.2) is 0 Å². The number of fused-ring (bicyclic) bond motifs is 1. The van der Waals surface area contributed by atoms with E-state index in [0.29, 0.717) is 17.6 Å². The lowest BCUT2D eigenvalue weighted by atomic mass is 10.1. The number of nitrogens with one attached hydrogen (secondary N) is 1. The molecule has 0 bridgehead atoms. The van der Waals surface area contributed by atoms with Crippen LogP contribution in [0.4, 0.5) is 5.69 Å². The molecule has 0 aliphatic carbocycles. The van der Waals surface area contributed by atoms with Crippen molar-refractivity contribution < 1.29 is 4.79 Å². The van der Waals surface area contributed by atoms with Crippen molar-refractivity contribution >= 4 is 22.6 Å². The van der Waals surface area contributed by atoms with E-state index < -0.39 is 11.1 Å². The maximum Gasteiger partial charge on any atom is 0.316 e. The molecule has 1 aromatic heterocycles. The van der Waals surface area contributed by atoms with E-state index in [4.69, 9.17) is 0 Å². The fourth-order valence-corrected chi connectivity index (χ4v) is 4.78. The first-order valence-electron chi connectivity index (χ1n) is 12.3. The zero-order chi connectivity index (χ0) is 24.9. The third-order valence-corrected chi connectivity index (χ3v) is 6.88. The Morgan fingerprint density at radius 1 is 0.914 bits per heavy atom. The molecule has 1 aliphatic heterocycles. The monoisotopic (exact) mass is 477 g/mol. The Balaban J connectivity index is 1.21. The van der Waals surface area contributed by atoms with Gasteiger partial charge in [-0.3, -0.25) is 19.3 Å². The second-order valence-electron chi connectivity index (χ2n) is 9.38. The van der Waals surface area contributed by atoms with Crippen LogP contribution in [0, 0.1) is 13.8 Å². The number of aryl methyl sites for hydroxylation is 4. The second-order valence-corrected chi connectivity index (χ2v) is 9.38. The Morgan fingerprint density at radius 3 is 2.37 bits per heavy atom. The van der Waals surface area contributed by atoms with Crippen molar-refractivity contribution in [2.45, 2.75) is 33.2 Å². The van der Waals surface area contributed by atoms with Crippen LogP contribution >= 0.6 is 0 Å². The van der Waals surface area contributed by atoms with Crippen LogP contribution in [0.2, 0.25) is 0 Å². The summed E-state index contributed by atoms with van der Waals surface area (Å²) in [4.78, 5) is 42.1. The predicted octanol–water partition coefficient (Wildman–Crippen LogP) is 2.04. The third kappa shape index (κ3) is 5.65. The third-order valence-electron chi connectivity index (χ3n) is 6.88. The van der Waals surface area contributed by atoms with E-state index >= 15 is 0 Å². The zero-order valence-electron chi connectivity index (χ0n) is 20.9.